The minimum atomic E-state index is -0.417. The number of halogens is 1. The third-order valence-corrected chi connectivity index (χ3v) is 4.40. The topological polar surface area (TPSA) is 53.9 Å². The Balaban J connectivity index is 2.17. The van der Waals surface area contributed by atoms with Crippen molar-refractivity contribution in [1.82, 2.24) is 4.90 Å². The van der Waals surface area contributed by atoms with Crippen molar-refractivity contribution in [3.63, 3.8) is 0 Å². The van der Waals surface area contributed by atoms with Crippen molar-refractivity contribution in [1.29, 1.82) is 0 Å². The molecule has 6 heteroatoms. The standard InChI is InChI=1S/C17H24ClN3O2/c1-3-23-17(22)16(21(2)13-9-5-4-6-10-13)20-19-15-12-8-7-11-14(15)18/h7-8,11-13,19H,3-6,9-10H2,1-2H3/b20-16-. The van der Waals surface area contributed by atoms with Gasteiger partial charge in [0.1, 0.15) is 0 Å². The van der Waals surface area contributed by atoms with Crippen molar-refractivity contribution >= 4 is 29.1 Å². The molecule has 0 heterocycles. The molecule has 0 aliphatic heterocycles. The molecular formula is C17H24ClN3O2. The van der Waals surface area contributed by atoms with Crippen LogP contribution in [0.15, 0.2) is 29.4 Å². The summed E-state index contributed by atoms with van der Waals surface area (Å²) >= 11 is 6.12. The largest absolute Gasteiger partial charge is 0.460 e. The molecule has 0 spiro atoms. The van der Waals surface area contributed by atoms with Crippen LogP contribution in [0.2, 0.25) is 5.02 Å². The first kappa shape index (κ1) is 17.6. The number of hydrogen-bond acceptors (Lipinski definition) is 4. The molecule has 0 unspecified atom stereocenters. The summed E-state index contributed by atoms with van der Waals surface area (Å²) < 4.78 is 5.15. The highest BCUT2D eigenvalue weighted by molar-refractivity contribution is 6.35. The fourth-order valence-electron chi connectivity index (χ4n) is 2.77. The van der Waals surface area contributed by atoms with Gasteiger partial charge in [-0.2, -0.15) is 0 Å². The third kappa shape index (κ3) is 4.86. The van der Waals surface area contributed by atoms with Gasteiger partial charge < -0.3 is 9.64 Å². The first-order valence-electron chi connectivity index (χ1n) is 8.11. The Labute approximate surface area is 142 Å². The third-order valence-electron chi connectivity index (χ3n) is 4.07. The molecule has 1 aromatic rings. The molecule has 1 aliphatic rings. The van der Waals surface area contributed by atoms with Crippen molar-refractivity contribution in [2.24, 2.45) is 5.10 Å². The molecule has 1 saturated carbocycles. The summed E-state index contributed by atoms with van der Waals surface area (Å²) in [4.78, 5) is 14.2. The highest BCUT2D eigenvalue weighted by Crippen LogP contribution is 2.23. The number of nitrogens with zero attached hydrogens (tertiary/aromatic N) is 2. The van der Waals surface area contributed by atoms with Crippen LogP contribution in [0.1, 0.15) is 39.0 Å². The lowest BCUT2D eigenvalue weighted by Crippen LogP contribution is -2.43. The van der Waals surface area contributed by atoms with E-state index in [4.69, 9.17) is 16.3 Å². The zero-order chi connectivity index (χ0) is 16.7. The Morgan fingerprint density at radius 2 is 2.04 bits per heavy atom. The van der Waals surface area contributed by atoms with Crippen molar-refractivity contribution in [3.05, 3.63) is 29.3 Å². The zero-order valence-corrected chi connectivity index (χ0v) is 14.5. The Hall–Kier alpha value is -1.75. The SMILES string of the molecule is CCOC(=O)/C(=N/Nc1ccccc1Cl)N(C)C1CCCCC1. The Morgan fingerprint density at radius 3 is 2.70 bits per heavy atom. The monoisotopic (exact) mass is 337 g/mol. The van der Waals surface area contributed by atoms with E-state index in [0.717, 1.165) is 12.8 Å². The van der Waals surface area contributed by atoms with Gasteiger partial charge in [-0.15, -0.1) is 5.10 Å². The summed E-state index contributed by atoms with van der Waals surface area (Å²) in [5.74, 6) is -0.126. The molecule has 2 rings (SSSR count). The van der Waals surface area contributed by atoms with Gasteiger partial charge >= 0.3 is 5.97 Å². The first-order valence-corrected chi connectivity index (χ1v) is 8.49. The molecule has 0 radical (unpaired) electrons. The first-order chi connectivity index (χ1) is 11.1. The molecule has 5 nitrogen and oxygen atoms in total. The fourth-order valence-corrected chi connectivity index (χ4v) is 2.95. The predicted octanol–water partition coefficient (Wildman–Crippen LogP) is 3.89. The number of hydrogen-bond donors (Lipinski definition) is 1. The van der Waals surface area contributed by atoms with Crippen LogP contribution >= 0.6 is 11.6 Å². The van der Waals surface area contributed by atoms with E-state index in [1.54, 1.807) is 13.0 Å². The number of benzene rings is 1. The zero-order valence-electron chi connectivity index (χ0n) is 13.7. The van der Waals surface area contributed by atoms with E-state index in [0.29, 0.717) is 29.2 Å². The molecule has 1 aromatic carbocycles. The second-order valence-electron chi connectivity index (χ2n) is 5.65. The number of anilines is 1. The maximum atomic E-state index is 12.3. The lowest BCUT2D eigenvalue weighted by Gasteiger charge is -2.32. The summed E-state index contributed by atoms with van der Waals surface area (Å²) in [5.41, 5.74) is 3.55. The van der Waals surface area contributed by atoms with Gasteiger partial charge in [0, 0.05) is 13.1 Å². The molecule has 23 heavy (non-hydrogen) atoms. The van der Waals surface area contributed by atoms with E-state index in [1.165, 1.54) is 19.3 Å². The number of carbonyl (C=O) groups is 1. The number of ether oxygens (including phenoxy) is 1. The van der Waals surface area contributed by atoms with Crippen molar-refractivity contribution in [2.75, 3.05) is 19.1 Å². The van der Waals surface area contributed by atoms with Crippen molar-refractivity contribution in [2.45, 2.75) is 45.1 Å². The summed E-state index contributed by atoms with van der Waals surface area (Å²) in [7, 11) is 1.90. The van der Waals surface area contributed by atoms with E-state index < -0.39 is 5.97 Å². The van der Waals surface area contributed by atoms with E-state index in [-0.39, 0.29) is 0 Å². The summed E-state index contributed by atoms with van der Waals surface area (Å²) in [6.45, 7) is 2.11. The van der Waals surface area contributed by atoms with E-state index in [1.807, 2.05) is 30.1 Å². The van der Waals surface area contributed by atoms with Crippen LogP contribution in [0, 0.1) is 0 Å². The average molecular weight is 338 g/mol. The Morgan fingerprint density at radius 1 is 1.35 bits per heavy atom. The van der Waals surface area contributed by atoms with Gasteiger partial charge in [0.2, 0.25) is 5.84 Å². The van der Waals surface area contributed by atoms with Crippen LogP contribution in [0.5, 0.6) is 0 Å². The normalized spacial score (nSPS) is 16.0. The van der Waals surface area contributed by atoms with E-state index in [2.05, 4.69) is 10.5 Å². The number of carbonyl (C=O) groups excluding carboxylic acids is 1. The quantitative estimate of drug-likeness (QED) is 0.392. The number of esters is 1. The molecule has 1 N–H and O–H groups in total. The van der Waals surface area contributed by atoms with Gasteiger partial charge in [-0.1, -0.05) is 43.0 Å². The number of likely N-dealkylation sites (N-methyl/N-ethyl adjacent to an activating group) is 1. The predicted molar refractivity (Wildman–Crippen MR) is 93.8 cm³/mol. The Bertz CT molecular complexity index is 557. The molecule has 126 valence electrons. The lowest BCUT2D eigenvalue weighted by molar-refractivity contribution is -0.136. The smallest absolute Gasteiger partial charge is 0.375 e. The number of amidine groups is 1. The van der Waals surface area contributed by atoms with Gasteiger partial charge in [0.05, 0.1) is 17.3 Å². The summed E-state index contributed by atoms with van der Waals surface area (Å²) in [6.07, 6.45) is 5.77. The average Bonchev–Trinajstić information content (AvgIpc) is 2.57. The van der Waals surface area contributed by atoms with Crippen LogP contribution in [0.25, 0.3) is 0 Å². The van der Waals surface area contributed by atoms with Gasteiger partial charge in [-0.05, 0) is 31.9 Å². The van der Waals surface area contributed by atoms with Crippen LogP contribution in [0.4, 0.5) is 5.69 Å². The summed E-state index contributed by atoms with van der Waals surface area (Å²) in [5, 5.41) is 4.84. The van der Waals surface area contributed by atoms with E-state index >= 15 is 0 Å². The maximum Gasteiger partial charge on any atom is 0.375 e. The van der Waals surface area contributed by atoms with E-state index in [9.17, 15) is 4.79 Å². The molecule has 0 saturated heterocycles. The van der Waals surface area contributed by atoms with Crippen LogP contribution in [-0.4, -0.2) is 36.4 Å². The fraction of sp³-hybridized carbons (Fsp3) is 0.529. The molecule has 0 atom stereocenters. The second kappa shape index (κ2) is 8.77. The van der Waals surface area contributed by atoms with Crippen LogP contribution in [0.3, 0.4) is 0 Å². The highest BCUT2D eigenvalue weighted by Gasteiger charge is 2.26. The van der Waals surface area contributed by atoms with Gasteiger partial charge in [-0.25, -0.2) is 4.79 Å². The molecule has 1 aliphatic carbocycles. The second-order valence-corrected chi connectivity index (χ2v) is 6.06. The molecule has 0 aromatic heterocycles. The summed E-state index contributed by atoms with van der Waals surface area (Å²) in [6, 6.07) is 7.61. The molecule has 0 bridgehead atoms. The van der Waals surface area contributed by atoms with Gasteiger partial charge in [0.25, 0.3) is 0 Å². The molecular weight excluding hydrogens is 314 g/mol. The highest BCUT2D eigenvalue weighted by atomic mass is 35.5. The molecule has 1 fully saturated rings. The number of para-hydroxylation sites is 1. The minimum Gasteiger partial charge on any atom is -0.460 e. The van der Waals surface area contributed by atoms with Gasteiger partial charge in [0.15, 0.2) is 0 Å². The van der Waals surface area contributed by atoms with Crippen LogP contribution < -0.4 is 5.43 Å². The van der Waals surface area contributed by atoms with Crippen molar-refractivity contribution < 1.29 is 9.53 Å². The molecule has 0 amide bonds. The van der Waals surface area contributed by atoms with Gasteiger partial charge in [-0.3, -0.25) is 5.43 Å². The minimum absolute atomic E-state index is 0.290. The maximum absolute atomic E-state index is 12.3. The number of nitrogens with one attached hydrogen (secondary N) is 1. The number of hydrazone groups is 1. The Kier molecular flexibility index (Phi) is 6.71. The number of rotatable bonds is 4. The van der Waals surface area contributed by atoms with Crippen LogP contribution in [-0.2, 0) is 9.53 Å². The lowest BCUT2D eigenvalue weighted by atomic mass is 9.94. The van der Waals surface area contributed by atoms with Crippen molar-refractivity contribution in [3.8, 4) is 0 Å².